The maximum Gasteiger partial charge on any atom is 0.573 e. The Morgan fingerprint density at radius 3 is 2.56 bits per heavy atom. The van der Waals surface area contributed by atoms with E-state index in [4.69, 9.17) is 0 Å². The third kappa shape index (κ3) is 4.95. The highest BCUT2D eigenvalue weighted by atomic mass is 19.4. The fourth-order valence-corrected chi connectivity index (χ4v) is 3.20. The zero-order valence-corrected chi connectivity index (χ0v) is 17.2. The van der Waals surface area contributed by atoms with Crippen LogP contribution in [0.3, 0.4) is 0 Å². The van der Waals surface area contributed by atoms with Crippen LogP contribution in [0.2, 0.25) is 0 Å². The Balaban J connectivity index is 1.60. The van der Waals surface area contributed by atoms with Crippen LogP contribution in [0.15, 0.2) is 36.7 Å². The summed E-state index contributed by atoms with van der Waals surface area (Å²) < 4.78 is 43.7. The van der Waals surface area contributed by atoms with Gasteiger partial charge < -0.3 is 15.4 Å². The first-order chi connectivity index (χ1) is 15.2. The second-order valence-electron chi connectivity index (χ2n) is 7.31. The van der Waals surface area contributed by atoms with Crippen molar-refractivity contribution in [2.24, 2.45) is 0 Å². The zero-order valence-electron chi connectivity index (χ0n) is 17.2. The van der Waals surface area contributed by atoms with Crippen molar-refractivity contribution < 1.29 is 22.7 Å². The van der Waals surface area contributed by atoms with Gasteiger partial charge in [-0.3, -0.25) is 4.79 Å². The first-order valence-electron chi connectivity index (χ1n) is 9.87. The molecule has 9 nitrogen and oxygen atoms in total. The van der Waals surface area contributed by atoms with Crippen molar-refractivity contribution in [2.75, 3.05) is 12.4 Å². The number of halogens is 3. The van der Waals surface area contributed by atoms with E-state index in [1.165, 1.54) is 10.7 Å². The molecule has 1 aromatic carbocycles. The Morgan fingerprint density at radius 2 is 1.94 bits per heavy atom. The first-order valence-corrected chi connectivity index (χ1v) is 9.87. The quantitative estimate of drug-likeness (QED) is 0.572. The zero-order chi connectivity index (χ0) is 22.9. The SMILES string of the molecule is CNc1nc(C(C)NC(=O)c2cc(OC(F)(F)F)cc(C3CC3)c2)n(-c2ncccn2)n1. The van der Waals surface area contributed by atoms with E-state index in [0.29, 0.717) is 17.3 Å². The van der Waals surface area contributed by atoms with Gasteiger partial charge in [0.05, 0.1) is 6.04 Å². The summed E-state index contributed by atoms with van der Waals surface area (Å²) in [4.78, 5) is 25.6. The van der Waals surface area contributed by atoms with E-state index in [-0.39, 0.29) is 17.4 Å². The number of carbonyl (C=O) groups excluding carboxylic acids is 1. The molecule has 1 unspecified atom stereocenters. The molecule has 1 aliphatic rings. The van der Waals surface area contributed by atoms with Gasteiger partial charge in [-0.05, 0) is 55.5 Å². The molecule has 0 aliphatic heterocycles. The number of ether oxygens (including phenoxy) is 1. The lowest BCUT2D eigenvalue weighted by Gasteiger charge is -2.16. The number of benzene rings is 1. The summed E-state index contributed by atoms with van der Waals surface area (Å²) in [5, 5.41) is 9.85. The van der Waals surface area contributed by atoms with Gasteiger partial charge in [-0.2, -0.15) is 9.67 Å². The summed E-state index contributed by atoms with van der Waals surface area (Å²) in [6.45, 7) is 1.68. The van der Waals surface area contributed by atoms with E-state index in [0.717, 1.165) is 18.9 Å². The minimum absolute atomic E-state index is 0.0661. The molecule has 32 heavy (non-hydrogen) atoms. The van der Waals surface area contributed by atoms with Crippen molar-refractivity contribution in [3.05, 3.63) is 53.6 Å². The fraction of sp³-hybridized carbons (Fsp3) is 0.350. The first kappa shape index (κ1) is 21.5. The van der Waals surface area contributed by atoms with Crippen molar-refractivity contribution in [3.8, 4) is 11.7 Å². The van der Waals surface area contributed by atoms with Gasteiger partial charge in [0.25, 0.3) is 11.9 Å². The van der Waals surface area contributed by atoms with E-state index in [2.05, 4.69) is 35.4 Å². The maximum absolute atomic E-state index is 12.9. The van der Waals surface area contributed by atoms with Gasteiger partial charge in [-0.1, -0.05) is 0 Å². The van der Waals surface area contributed by atoms with Crippen molar-refractivity contribution >= 4 is 11.9 Å². The Hall–Kier alpha value is -3.70. The standard InChI is InChI=1S/C20H20F3N7O2/c1-11(16-28-18(24-2)29-30(16)19-25-6-3-7-26-19)27-17(31)14-8-13(12-4-5-12)9-15(10-14)32-20(21,22)23/h3,6-12H,4-5H2,1-2H3,(H,24,29)(H,27,31). The molecule has 12 heteroatoms. The van der Waals surface area contributed by atoms with Gasteiger partial charge in [-0.25, -0.2) is 9.97 Å². The van der Waals surface area contributed by atoms with Crippen LogP contribution >= 0.6 is 0 Å². The van der Waals surface area contributed by atoms with Gasteiger partial charge in [0.1, 0.15) is 5.75 Å². The molecule has 1 saturated carbocycles. The third-order valence-corrected chi connectivity index (χ3v) is 4.81. The van der Waals surface area contributed by atoms with Gasteiger partial charge in [-0.15, -0.1) is 18.3 Å². The summed E-state index contributed by atoms with van der Waals surface area (Å²) in [7, 11) is 1.64. The molecular weight excluding hydrogens is 427 g/mol. The minimum Gasteiger partial charge on any atom is -0.406 e. The number of hydrogen-bond donors (Lipinski definition) is 2. The van der Waals surface area contributed by atoms with Gasteiger partial charge in [0, 0.05) is 25.0 Å². The fourth-order valence-electron chi connectivity index (χ4n) is 3.20. The van der Waals surface area contributed by atoms with Crippen molar-refractivity contribution in [2.45, 2.75) is 38.1 Å². The highest BCUT2D eigenvalue weighted by Crippen LogP contribution is 2.42. The Bertz CT molecular complexity index is 1110. The van der Waals surface area contributed by atoms with Crippen molar-refractivity contribution in [1.82, 2.24) is 30.0 Å². The molecule has 1 amide bonds. The lowest BCUT2D eigenvalue weighted by Crippen LogP contribution is -2.29. The lowest BCUT2D eigenvalue weighted by molar-refractivity contribution is -0.274. The third-order valence-electron chi connectivity index (χ3n) is 4.81. The number of anilines is 1. The molecule has 0 spiro atoms. The summed E-state index contributed by atoms with van der Waals surface area (Å²) in [6.07, 6.45) is -0.0397. The van der Waals surface area contributed by atoms with Gasteiger partial charge in [0.15, 0.2) is 5.82 Å². The number of amides is 1. The molecule has 2 heterocycles. The normalized spacial score (nSPS) is 14.7. The van der Waals surface area contributed by atoms with Crippen LogP contribution in [-0.4, -0.2) is 44.0 Å². The smallest absolute Gasteiger partial charge is 0.406 e. The second-order valence-corrected chi connectivity index (χ2v) is 7.31. The van der Waals surface area contributed by atoms with Crippen LogP contribution in [0, 0.1) is 0 Å². The van der Waals surface area contributed by atoms with Crippen LogP contribution in [-0.2, 0) is 0 Å². The molecular formula is C20H20F3N7O2. The molecule has 0 bridgehead atoms. The molecule has 1 aliphatic carbocycles. The van der Waals surface area contributed by atoms with Crippen molar-refractivity contribution in [3.63, 3.8) is 0 Å². The van der Waals surface area contributed by atoms with Crippen LogP contribution < -0.4 is 15.4 Å². The van der Waals surface area contributed by atoms with Crippen LogP contribution in [0.4, 0.5) is 19.1 Å². The molecule has 1 atom stereocenters. The van der Waals surface area contributed by atoms with Crippen LogP contribution in [0.1, 0.15) is 53.5 Å². The number of carbonyl (C=O) groups is 1. The topological polar surface area (TPSA) is 107 Å². The van der Waals surface area contributed by atoms with E-state index < -0.39 is 24.1 Å². The molecule has 0 radical (unpaired) electrons. The summed E-state index contributed by atoms with van der Waals surface area (Å²) in [5.41, 5.74) is 0.708. The number of alkyl halides is 3. The molecule has 4 rings (SSSR count). The monoisotopic (exact) mass is 447 g/mol. The second kappa shape index (κ2) is 8.44. The van der Waals surface area contributed by atoms with E-state index >= 15 is 0 Å². The molecule has 1 fully saturated rings. The molecule has 168 valence electrons. The van der Waals surface area contributed by atoms with Crippen LogP contribution in [0.25, 0.3) is 5.95 Å². The maximum atomic E-state index is 12.9. The molecule has 3 aromatic rings. The minimum atomic E-state index is -4.85. The van der Waals surface area contributed by atoms with E-state index in [1.807, 2.05) is 0 Å². The van der Waals surface area contributed by atoms with E-state index in [1.54, 1.807) is 38.5 Å². The molecule has 2 N–H and O–H groups in total. The number of nitrogens with zero attached hydrogens (tertiary/aromatic N) is 5. The van der Waals surface area contributed by atoms with Gasteiger partial charge >= 0.3 is 6.36 Å². The average molecular weight is 447 g/mol. The summed E-state index contributed by atoms with van der Waals surface area (Å²) >= 11 is 0. The van der Waals surface area contributed by atoms with E-state index in [9.17, 15) is 18.0 Å². The predicted octanol–water partition coefficient (Wildman–Crippen LogP) is 3.37. The molecule has 0 saturated heterocycles. The summed E-state index contributed by atoms with van der Waals surface area (Å²) in [5.74, 6) is 0.0465. The average Bonchev–Trinajstić information content (AvgIpc) is 3.51. The number of nitrogens with one attached hydrogen (secondary N) is 2. The number of rotatable bonds is 7. The highest BCUT2D eigenvalue weighted by Gasteiger charge is 2.33. The van der Waals surface area contributed by atoms with Crippen molar-refractivity contribution in [1.29, 1.82) is 0 Å². The summed E-state index contributed by atoms with van der Waals surface area (Å²) in [6, 6.07) is 4.99. The Labute approximate surface area is 181 Å². The van der Waals surface area contributed by atoms with Crippen LogP contribution in [0.5, 0.6) is 5.75 Å². The largest absolute Gasteiger partial charge is 0.573 e. The highest BCUT2D eigenvalue weighted by molar-refractivity contribution is 5.95. The number of hydrogen-bond acceptors (Lipinski definition) is 7. The Kier molecular flexibility index (Phi) is 5.68. The molecule has 2 aromatic heterocycles. The number of aromatic nitrogens is 5. The predicted molar refractivity (Wildman–Crippen MR) is 107 cm³/mol. The lowest BCUT2D eigenvalue weighted by atomic mass is 10.1. The van der Waals surface area contributed by atoms with Gasteiger partial charge in [0.2, 0.25) is 5.95 Å². The Morgan fingerprint density at radius 1 is 1.22 bits per heavy atom.